The lowest BCUT2D eigenvalue weighted by atomic mass is 9.97. The van der Waals surface area contributed by atoms with Gasteiger partial charge >= 0.3 is 0 Å². The summed E-state index contributed by atoms with van der Waals surface area (Å²) in [6, 6.07) is -0.351. The van der Waals surface area contributed by atoms with E-state index >= 15 is 0 Å². The van der Waals surface area contributed by atoms with Crippen molar-refractivity contribution in [3.8, 4) is 0 Å². The van der Waals surface area contributed by atoms with Gasteiger partial charge in [-0.25, -0.2) is 0 Å². The van der Waals surface area contributed by atoms with Gasteiger partial charge in [-0.1, -0.05) is 20.3 Å². The number of nitrogens with zero attached hydrogens (tertiary/aromatic N) is 1. The zero-order valence-corrected chi connectivity index (χ0v) is 11.6. The average molecular weight is 255 g/mol. The number of nitrogens with two attached hydrogens (primary N) is 1. The molecule has 0 aliphatic carbocycles. The van der Waals surface area contributed by atoms with E-state index in [0.717, 1.165) is 25.8 Å². The summed E-state index contributed by atoms with van der Waals surface area (Å²) >= 11 is 0. The Hall–Kier alpha value is -1.10. The van der Waals surface area contributed by atoms with Crippen LogP contribution in [0, 0.1) is 5.92 Å². The van der Waals surface area contributed by atoms with Crippen LogP contribution >= 0.6 is 0 Å². The van der Waals surface area contributed by atoms with Crippen LogP contribution in [0.3, 0.4) is 0 Å². The molecule has 0 aromatic carbocycles. The number of hydrogen-bond acceptors (Lipinski definition) is 3. The Bertz CT molecular complexity index is 307. The highest BCUT2D eigenvalue weighted by atomic mass is 16.2. The lowest BCUT2D eigenvalue weighted by Crippen LogP contribution is -2.54. The minimum atomic E-state index is -0.425. The van der Waals surface area contributed by atoms with Gasteiger partial charge in [0.15, 0.2) is 0 Å². The van der Waals surface area contributed by atoms with E-state index < -0.39 is 6.04 Å². The van der Waals surface area contributed by atoms with Crippen LogP contribution in [0.25, 0.3) is 0 Å². The number of likely N-dealkylation sites (tertiary alicyclic amines) is 1. The lowest BCUT2D eigenvalue weighted by Gasteiger charge is -2.35. The van der Waals surface area contributed by atoms with Gasteiger partial charge in [-0.05, 0) is 18.8 Å². The molecule has 0 radical (unpaired) electrons. The predicted molar refractivity (Wildman–Crippen MR) is 70.8 cm³/mol. The van der Waals surface area contributed by atoms with E-state index in [0.29, 0.717) is 6.54 Å². The van der Waals surface area contributed by atoms with Crippen molar-refractivity contribution in [2.75, 3.05) is 13.1 Å². The third-order valence-electron chi connectivity index (χ3n) is 3.68. The van der Waals surface area contributed by atoms with Crippen LogP contribution in [0.2, 0.25) is 0 Å². The fourth-order valence-corrected chi connectivity index (χ4v) is 2.29. The summed E-state index contributed by atoms with van der Waals surface area (Å²) in [5.41, 5.74) is 5.97. The quantitative estimate of drug-likeness (QED) is 0.767. The standard InChI is InChI=1S/C13H25N3O2/c1-4-9(2)12(14)13(18)16-7-5-6-11(8-16)15-10(3)17/h9,11-12H,4-8,14H2,1-3H3,(H,15,17)/t9-,11?,12-/m0/s1. The summed E-state index contributed by atoms with van der Waals surface area (Å²) in [7, 11) is 0. The van der Waals surface area contributed by atoms with Crippen molar-refractivity contribution in [1.82, 2.24) is 10.2 Å². The van der Waals surface area contributed by atoms with Gasteiger partial charge in [0.25, 0.3) is 0 Å². The Balaban J connectivity index is 2.55. The Kier molecular flexibility index (Phi) is 5.59. The van der Waals surface area contributed by atoms with Crippen molar-refractivity contribution < 1.29 is 9.59 Å². The molecule has 3 N–H and O–H groups in total. The molecule has 1 rings (SSSR count). The number of rotatable bonds is 4. The maximum Gasteiger partial charge on any atom is 0.239 e. The van der Waals surface area contributed by atoms with Crippen LogP contribution in [0.1, 0.15) is 40.0 Å². The molecule has 5 nitrogen and oxygen atoms in total. The molecule has 1 saturated heterocycles. The normalized spacial score (nSPS) is 23.3. The zero-order valence-electron chi connectivity index (χ0n) is 11.6. The maximum atomic E-state index is 12.2. The summed E-state index contributed by atoms with van der Waals surface area (Å²) in [6.45, 7) is 6.87. The van der Waals surface area contributed by atoms with Gasteiger partial charge in [-0.15, -0.1) is 0 Å². The van der Waals surface area contributed by atoms with Crippen molar-refractivity contribution in [3.05, 3.63) is 0 Å². The maximum absolute atomic E-state index is 12.2. The van der Waals surface area contributed by atoms with Crippen LogP contribution in [0.5, 0.6) is 0 Å². The largest absolute Gasteiger partial charge is 0.352 e. The fraction of sp³-hybridized carbons (Fsp3) is 0.846. The number of hydrogen-bond donors (Lipinski definition) is 2. The molecular formula is C13H25N3O2. The zero-order chi connectivity index (χ0) is 13.7. The molecule has 1 heterocycles. The predicted octanol–water partition coefficient (Wildman–Crippen LogP) is 0.487. The van der Waals surface area contributed by atoms with Crippen LogP contribution < -0.4 is 11.1 Å². The summed E-state index contributed by atoms with van der Waals surface area (Å²) < 4.78 is 0. The van der Waals surface area contributed by atoms with Crippen LogP contribution in [0.4, 0.5) is 0 Å². The molecule has 0 aromatic heterocycles. The molecule has 1 unspecified atom stereocenters. The van der Waals surface area contributed by atoms with Crippen molar-refractivity contribution in [1.29, 1.82) is 0 Å². The van der Waals surface area contributed by atoms with Crippen LogP contribution in [-0.4, -0.2) is 41.9 Å². The SMILES string of the molecule is CC[C@H](C)[C@H](N)C(=O)N1CCCC(NC(C)=O)C1. The lowest BCUT2D eigenvalue weighted by molar-refractivity contribution is -0.135. The van der Waals surface area contributed by atoms with Crippen molar-refractivity contribution >= 4 is 11.8 Å². The highest BCUT2D eigenvalue weighted by Gasteiger charge is 2.29. The molecular weight excluding hydrogens is 230 g/mol. The summed E-state index contributed by atoms with van der Waals surface area (Å²) in [4.78, 5) is 25.0. The molecule has 104 valence electrons. The third-order valence-corrected chi connectivity index (χ3v) is 3.68. The molecule has 3 atom stereocenters. The number of carbonyl (C=O) groups excluding carboxylic acids is 2. The monoisotopic (exact) mass is 255 g/mol. The Morgan fingerprint density at radius 2 is 2.17 bits per heavy atom. The Morgan fingerprint density at radius 1 is 1.50 bits per heavy atom. The van der Waals surface area contributed by atoms with Gasteiger partial charge in [-0.3, -0.25) is 9.59 Å². The van der Waals surface area contributed by atoms with Crippen LogP contribution in [-0.2, 0) is 9.59 Å². The first-order chi connectivity index (χ1) is 8.45. The van der Waals surface area contributed by atoms with E-state index in [1.54, 1.807) is 4.90 Å². The van der Waals surface area contributed by atoms with E-state index in [4.69, 9.17) is 5.73 Å². The topological polar surface area (TPSA) is 75.4 Å². The summed E-state index contributed by atoms with van der Waals surface area (Å²) in [6.07, 6.45) is 2.75. The average Bonchev–Trinajstić information content (AvgIpc) is 2.35. The van der Waals surface area contributed by atoms with Gasteiger partial charge in [-0.2, -0.15) is 0 Å². The molecule has 5 heteroatoms. The van der Waals surface area contributed by atoms with Gasteiger partial charge in [0.2, 0.25) is 11.8 Å². The number of carbonyl (C=O) groups is 2. The second-order valence-corrected chi connectivity index (χ2v) is 5.24. The summed E-state index contributed by atoms with van der Waals surface area (Å²) in [5, 5.41) is 2.88. The van der Waals surface area contributed by atoms with Crippen molar-refractivity contribution in [2.24, 2.45) is 11.7 Å². The fourth-order valence-electron chi connectivity index (χ4n) is 2.29. The molecule has 1 aliphatic rings. The van der Waals surface area contributed by atoms with Crippen molar-refractivity contribution in [2.45, 2.75) is 52.1 Å². The van der Waals surface area contributed by atoms with Gasteiger partial charge in [0, 0.05) is 26.1 Å². The minimum absolute atomic E-state index is 0.0133. The molecule has 1 aliphatic heterocycles. The van der Waals surface area contributed by atoms with Crippen molar-refractivity contribution in [3.63, 3.8) is 0 Å². The first-order valence-corrected chi connectivity index (χ1v) is 6.77. The highest BCUT2D eigenvalue weighted by Crippen LogP contribution is 2.14. The van der Waals surface area contributed by atoms with Crippen LogP contribution in [0.15, 0.2) is 0 Å². The van der Waals surface area contributed by atoms with Gasteiger partial charge < -0.3 is 16.0 Å². The minimum Gasteiger partial charge on any atom is -0.352 e. The van der Waals surface area contributed by atoms with Gasteiger partial charge in [0.05, 0.1) is 6.04 Å². The molecule has 0 aromatic rings. The molecule has 0 spiro atoms. The Morgan fingerprint density at radius 3 is 2.72 bits per heavy atom. The first-order valence-electron chi connectivity index (χ1n) is 6.77. The van der Waals surface area contributed by atoms with E-state index in [1.807, 2.05) is 13.8 Å². The van der Waals surface area contributed by atoms with E-state index in [1.165, 1.54) is 6.92 Å². The molecule has 0 bridgehead atoms. The molecule has 0 saturated carbocycles. The van der Waals surface area contributed by atoms with E-state index in [9.17, 15) is 9.59 Å². The van der Waals surface area contributed by atoms with E-state index in [2.05, 4.69) is 5.32 Å². The second kappa shape index (κ2) is 6.73. The third kappa shape index (κ3) is 3.98. The summed E-state index contributed by atoms with van der Waals surface area (Å²) in [5.74, 6) is 0.165. The Labute approximate surface area is 109 Å². The number of amides is 2. The smallest absolute Gasteiger partial charge is 0.239 e. The molecule has 2 amide bonds. The molecule has 1 fully saturated rings. The first kappa shape index (κ1) is 15.0. The number of piperidine rings is 1. The van der Waals surface area contributed by atoms with E-state index in [-0.39, 0.29) is 23.8 Å². The van der Waals surface area contributed by atoms with Gasteiger partial charge in [0.1, 0.15) is 0 Å². The molecule has 18 heavy (non-hydrogen) atoms. The highest BCUT2D eigenvalue weighted by molar-refractivity contribution is 5.82. The second-order valence-electron chi connectivity index (χ2n) is 5.24. The number of nitrogens with one attached hydrogen (secondary N) is 1.